The minimum absolute atomic E-state index is 0.0476. The van der Waals surface area contributed by atoms with Crippen molar-refractivity contribution in [1.29, 1.82) is 0 Å². The van der Waals surface area contributed by atoms with Crippen LogP contribution in [0.2, 0.25) is 0 Å². The van der Waals surface area contributed by atoms with Crippen molar-refractivity contribution >= 4 is 17.1 Å². The number of hydrogen-bond donors (Lipinski definition) is 2. The Morgan fingerprint density at radius 3 is 2.26 bits per heavy atom. The fourth-order valence-electron chi connectivity index (χ4n) is 1.81. The molecule has 3 N–H and O–H groups in total. The van der Waals surface area contributed by atoms with Crippen molar-refractivity contribution in [3.63, 3.8) is 0 Å². The topological polar surface area (TPSA) is 47.3 Å². The number of nitrogens with one attached hydrogen (secondary N) is 1. The largest absolute Gasteiger partial charge is 0.496 e. The first-order chi connectivity index (χ1) is 9.01. The second-order valence-electron chi connectivity index (χ2n) is 4.17. The van der Waals surface area contributed by atoms with Crippen molar-refractivity contribution < 1.29 is 13.5 Å². The first-order valence-corrected chi connectivity index (χ1v) is 5.67. The summed E-state index contributed by atoms with van der Waals surface area (Å²) in [7, 11) is 1.56. The number of methoxy groups -OCH3 is 1. The van der Waals surface area contributed by atoms with Gasteiger partial charge in [-0.05, 0) is 42.8 Å². The Morgan fingerprint density at radius 2 is 1.74 bits per heavy atom. The summed E-state index contributed by atoms with van der Waals surface area (Å²) >= 11 is 0. The molecule has 0 aromatic heterocycles. The predicted octanol–water partition coefficient (Wildman–Crippen LogP) is 3.61. The molecule has 3 nitrogen and oxygen atoms in total. The number of hydrogen-bond acceptors (Lipinski definition) is 3. The summed E-state index contributed by atoms with van der Waals surface area (Å²) in [6.45, 7) is 1.85. The Kier molecular flexibility index (Phi) is 3.55. The zero-order valence-corrected chi connectivity index (χ0v) is 10.6. The van der Waals surface area contributed by atoms with Gasteiger partial charge in [0.2, 0.25) is 0 Å². The summed E-state index contributed by atoms with van der Waals surface area (Å²) in [5.74, 6) is -0.749. The van der Waals surface area contributed by atoms with Crippen LogP contribution >= 0.6 is 0 Å². The van der Waals surface area contributed by atoms with E-state index in [2.05, 4.69) is 5.32 Å². The number of nitrogens with two attached hydrogens (primary N) is 1. The molecule has 0 radical (unpaired) electrons. The second-order valence-corrected chi connectivity index (χ2v) is 4.17. The van der Waals surface area contributed by atoms with Gasteiger partial charge < -0.3 is 15.8 Å². The fourth-order valence-corrected chi connectivity index (χ4v) is 1.81. The van der Waals surface area contributed by atoms with E-state index in [1.54, 1.807) is 25.3 Å². The highest BCUT2D eigenvalue weighted by molar-refractivity contribution is 5.65. The third kappa shape index (κ3) is 2.76. The van der Waals surface area contributed by atoms with E-state index in [4.69, 9.17) is 10.5 Å². The molecule has 0 amide bonds. The molecule has 0 aliphatic heterocycles. The van der Waals surface area contributed by atoms with E-state index >= 15 is 0 Å². The molecule has 0 unspecified atom stereocenters. The standard InChI is InChI=1S/C14H14F2N2O/c1-8-5-10(3-4-13(8)19-2)18-14-11(15)6-9(17)7-12(14)16/h3-7,18H,17H2,1-2H3. The number of rotatable bonds is 3. The molecule has 100 valence electrons. The molecule has 0 fully saturated rings. The summed E-state index contributed by atoms with van der Waals surface area (Å²) < 4.78 is 32.4. The summed E-state index contributed by atoms with van der Waals surface area (Å²) in [5, 5.41) is 2.70. The summed E-state index contributed by atoms with van der Waals surface area (Å²) in [6, 6.07) is 7.30. The van der Waals surface area contributed by atoms with Crippen LogP contribution in [0.15, 0.2) is 30.3 Å². The molecule has 0 aliphatic rings. The third-order valence-corrected chi connectivity index (χ3v) is 2.73. The van der Waals surface area contributed by atoms with Crippen LogP contribution in [0.25, 0.3) is 0 Å². The van der Waals surface area contributed by atoms with Gasteiger partial charge in [-0.25, -0.2) is 8.78 Å². The van der Waals surface area contributed by atoms with Crippen LogP contribution in [0.5, 0.6) is 5.75 Å². The zero-order chi connectivity index (χ0) is 14.0. The van der Waals surface area contributed by atoms with Crippen LogP contribution in [0, 0.1) is 18.6 Å². The maximum absolute atomic E-state index is 13.6. The maximum atomic E-state index is 13.6. The van der Waals surface area contributed by atoms with Gasteiger partial charge in [0, 0.05) is 11.4 Å². The van der Waals surface area contributed by atoms with Crippen molar-refractivity contribution in [3.8, 4) is 5.75 Å². The lowest BCUT2D eigenvalue weighted by Crippen LogP contribution is -2.00. The lowest BCUT2D eigenvalue weighted by Gasteiger charge is -2.11. The molecule has 5 heteroatoms. The van der Waals surface area contributed by atoms with Gasteiger partial charge in [0.1, 0.15) is 11.4 Å². The van der Waals surface area contributed by atoms with Gasteiger partial charge in [0.25, 0.3) is 0 Å². The molecule has 19 heavy (non-hydrogen) atoms. The number of ether oxygens (including phenoxy) is 1. The fraction of sp³-hybridized carbons (Fsp3) is 0.143. The van der Waals surface area contributed by atoms with E-state index in [1.807, 2.05) is 6.92 Å². The molecule has 2 aromatic carbocycles. The van der Waals surface area contributed by atoms with Crippen LogP contribution in [0.3, 0.4) is 0 Å². The van der Waals surface area contributed by atoms with Crippen LogP contribution in [0.1, 0.15) is 5.56 Å². The molecule has 0 saturated carbocycles. The van der Waals surface area contributed by atoms with Gasteiger partial charge in [-0.15, -0.1) is 0 Å². The van der Waals surface area contributed by atoms with Gasteiger partial charge in [-0.3, -0.25) is 0 Å². The van der Waals surface area contributed by atoms with Gasteiger partial charge in [-0.2, -0.15) is 0 Å². The number of halogens is 2. The lowest BCUT2D eigenvalue weighted by molar-refractivity contribution is 0.412. The Hall–Kier alpha value is -2.30. The maximum Gasteiger partial charge on any atom is 0.151 e. The smallest absolute Gasteiger partial charge is 0.151 e. The minimum Gasteiger partial charge on any atom is -0.496 e. The molecule has 0 aliphatic carbocycles. The Morgan fingerprint density at radius 1 is 1.11 bits per heavy atom. The SMILES string of the molecule is COc1ccc(Nc2c(F)cc(N)cc2F)cc1C. The number of benzene rings is 2. The molecule has 0 saturated heterocycles. The van der Waals surface area contributed by atoms with Crippen molar-refractivity contribution in [2.24, 2.45) is 0 Å². The van der Waals surface area contributed by atoms with Crippen LogP contribution in [-0.4, -0.2) is 7.11 Å². The molecule has 0 bridgehead atoms. The molecule has 0 atom stereocenters. The zero-order valence-electron chi connectivity index (χ0n) is 10.6. The molecule has 0 spiro atoms. The van der Waals surface area contributed by atoms with E-state index < -0.39 is 11.6 Å². The Labute approximate surface area is 110 Å². The first-order valence-electron chi connectivity index (χ1n) is 5.67. The van der Waals surface area contributed by atoms with Crippen LogP contribution < -0.4 is 15.8 Å². The summed E-state index contributed by atoms with van der Waals surface area (Å²) in [6.07, 6.45) is 0. The van der Waals surface area contributed by atoms with Crippen LogP contribution in [-0.2, 0) is 0 Å². The molecular formula is C14H14F2N2O. The van der Waals surface area contributed by atoms with Gasteiger partial charge in [-0.1, -0.05) is 0 Å². The molecular weight excluding hydrogens is 250 g/mol. The van der Waals surface area contributed by atoms with E-state index in [0.717, 1.165) is 17.7 Å². The molecule has 2 rings (SSSR count). The van der Waals surface area contributed by atoms with Gasteiger partial charge in [0.15, 0.2) is 11.6 Å². The quantitative estimate of drug-likeness (QED) is 0.832. The van der Waals surface area contributed by atoms with Gasteiger partial charge in [0.05, 0.1) is 7.11 Å². The normalized spacial score (nSPS) is 10.3. The monoisotopic (exact) mass is 264 g/mol. The van der Waals surface area contributed by atoms with Crippen molar-refractivity contribution in [3.05, 3.63) is 47.5 Å². The van der Waals surface area contributed by atoms with E-state index in [-0.39, 0.29) is 11.4 Å². The number of anilines is 3. The van der Waals surface area contributed by atoms with E-state index in [0.29, 0.717) is 11.4 Å². The van der Waals surface area contributed by atoms with Crippen molar-refractivity contribution in [2.45, 2.75) is 6.92 Å². The number of nitrogen functional groups attached to an aromatic ring is 1. The molecule has 2 aromatic rings. The van der Waals surface area contributed by atoms with Crippen LogP contribution in [0.4, 0.5) is 25.8 Å². The average Bonchev–Trinajstić information content (AvgIpc) is 2.34. The van der Waals surface area contributed by atoms with Crippen molar-refractivity contribution in [1.82, 2.24) is 0 Å². The Balaban J connectivity index is 2.34. The average molecular weight is 264 g/mol. The highest BCUT2D eigenvalue weighted by Crippen LogP contribution is 2.28. The highest BCUT2D eigenvalue weighted by Gasteiger charge is 2.11. The first kappa shape index (κ1) is 13.1. The van der Waals surface area contributed by atoms with E-state index in [1.165, 1.54) is 0 Å². The Bertz CT molecular complexity index is 591. The third-order valence-electron chi connectivity index (χ3n) is 2.73. The minimum atomic E-state index is -0.731. The number of aryl methyl sites for hydroxylation is 1. The van der Waals surface area contributed by atoms with Crippen molar-refractivity contribution in [2.75, 3.05) is 18.2 Å². The second kappa shape index (κ2) is 5.14. The lowest BCUT2D eigenvalue weighted by atomic mass is 10.2. The van der Waals surface area contributed by atoms with E-state index in [9.17, 15) is 8.78 Å². The summed E-state index contributed by atoms with van der Waals surface area (Å²) in [4.78, 5) is 0. The highest BCUT2D eigenvalue weighted by atomic mass is 19.1. The predicted molar refractivity (Wildman–Crippen MR) is 71.8 cm³/mol. The summed E-state index contributed by atoms with van der Waals surface area (Å²) in [5.41, 5.74) is 6.62. The van der Waals surface area contributed by atoms with Gasteiger partial charge >= 0.3 is 0 Å². The molecule has 0 heterocycles.